The van der Waals surface area contributed by atoms with Crippen molar-refractivity contribution in [3.05, 3.63) is 63.5 Å². The standard InChI is InChI=1S/C28H34N4O3S/c33-15-2-10-31-13-8-28(9-14-31)19-23-17-22(20-29-26(23)30-27(28)35)4-5-25(34)32-11-6-21(7-12-32)18-24-3-1-16-36-24/h1,3-6,16-17,20,33H,2,7-15,18-19H2,(H,29,30,35). The lowest BCUT2D eigenvalue weighted by molar-refractivity contribution is -0.129. The van der Waals surface area contributed by atoms with Gasteiger partial charge in [-0.1, -0.05) is 17.7 Å². The minimum absolute atomic E-state index is 0.0131. The second-order valence-electron chi connectivity index (χ2n) is 10.1. The largest absolute Gasteiger partial charge is 0.396 e. The number of thiophene rings is 1. The zero-order chi connectivity index (χ0) is 25.0. The fourth-order valence-electron chi connectivity index (χ4n) is 5.44. The van der Waals surface area contributed by atoms with Gasteiger partial charge in [-0.3, -0.25) is 9.59 Å². The molecule has 0 unspecified atom stereocenters. The molecule has 0 bridgehead atoms. The predicted octanol–water partition coefficient (Wildman–Crippen LogP) is 3.52. The molecule has 1 fully saturated rings. The van der Waals surface area contributed by atoms with Gasteiger partial charge in [-0.05, 0) is 79.9 Å². The van der Waals surface area contributed by atoms with Gasteiger partial charge in [0.05, 0.1) is 5.41 Å². The van der Waals surface area contributed by atoms with Crippen LogP contribution in [0, 0.1) is 5.41 Å². The van der Waals surface area contributed by atoms with E-state index in [9.17, 15) is 9.59 Å². The molecule has 36 heavy (non-hydrogen) atoms. The molecular weight excluding hydrogens is 472 g/mol. The summed E-state index contributed by atoms with van der Waals surface area (Å²) in [6.45, 7) is 4.19. The van der Waals surface area contributed by atoms with E-state index in [0.29, 0.717) is 18.8 Å². The van der Waals surface area contributed by atoms with E-state index in [1.807, 2.05) is 11.0 Å². The number of amides is 2. The normalized spacial score (nSPS) is 19.9. The highest BCUT2D eigenvalue weighted by Gasteiger charge is 2.44. The highest BCUT2D eigenvalue weighted by Crippen LogP contribution is 2.41. The number of hydrogen-bond donors (Lipinski definition) is 2. The number of rotatable bonds is 7. The Hall–Kier alpha value is -2.81. The molecule has 2 N–H and O–H groups in total. The van der Waals surface area contributed by atoms with Crippen molar-refractivity contribution in [2.75, 3.05) is 44.6 Å². The van der Waals surface area contributed by atoms with Crippen molar-refractivity contribution in [1.29, 1.82) is 0 Å². The van der Waals surface area contributed by atoms with Crippen molar-refractivity contribution in [3.63, 3.8) is 0 Å². The first-order valence-corrected chi connectivity index (χ1v) is 13.7. The maximum atomic E-state index is 13.0. The van der Waals surface area contributed by atoms with Crippen LogP contribution in [0.5, 0.6) is 0 Å². The Kier molecular flexibility index (Phi) is 7.65. The van der Waals surface area contributed by atoms with Crippen molar-refractivity contribution in [3.8, 4) is 0 Å². The van der Waals surface area contributed by atoms with E-state index in [0.717, 1.165) is 69.4 Å². The number of nitrogens with one attached hydrogen (secondary N) is 1. The Bertz CT molecular complexity index is 1150. The summed E-state index contributed by atoms with van der Waals surface area (Å²) < 4.78 is 0. The summed E-state index contributed by atoms with van der Waals surface area (Å²) in [5, 5.41) is 14.2. The van der Waals surface area contributed by atoms with Crippen LogP contribution >= 0.6 is 11.3 Å². The number of aliphatic hydroxyl groups is 1. The molecule has 5 heterocycles. The number of carbonyl (C=O) groups is 2. The van der Waals surface area contributed by atoms with Crippen LogP contribution in [0.1, 0.15) is 41.7 Å². The third-order valence-electron chi connectivity index (χ3n) is 7.69. The lowest BCUT2D eigenvalue weighted by atomic mass is 9.71. The molecule has 8 heteroatoms. The quantitative estimate of drug-likeness (QED) is 0.443. The van der Waals surface area contributed by atoms with Crippen LogP contribution in [-0.4, -0.2) is 71.0 Å². The van der Waals surface area contributed by atoms with Crippen molar-refractivity contribution < 1.29 is 14.7 Å². The zero-order valence-corrected chi connectivity index (χ0v) is 21.4. The van der Waals surface area contributed by atoms with Crippen LogP contribution in [0.15, 0.2) is 47.5 Å². The number of hydrogen-bond acceptors (Lipinski definition) is 6. The van der Waals surface area contributed by atoms with E-state index in [4.69, 9.17) is 5.11 Å². The Morgan fingerprint density at radius 2 is 2.14 bits per heavy atom. The number of aromatic nitrogens is 1. The van der Waals surface area contributed by atoms with E-state index in [-0.39, 0.29) is 18.4 Å². The molecule has 0 radical (unpaired) electrons. The summed E-state index contributed by atoms with van der Waals surface area (Å²) in [7, 11) is 0. The van der Waals surface area contributed by atoms with Crippen molar-refractivity contribution in [2.45, 2.75) is 38.5 Å². The van der Waals surface area contributed by atoms with E-state index in [1.165, 1.54) is 10.5 Å². The minimum atomic E-state index is -0.399. The van der Waals surface area contributed by atoms with Gasteiger partial charge >= 0.3 is 0 Å². The van der Waals surface area contributed by atoms with Crippen molar-refractivity contribution >= 4 is 35.0 Å². The second-order valence-corrected chi connectivity index (χ2v) is 11.1. The van der Waals surface area contributed by atoms with Crippen LogP contribution in [0.2, 0.25) is 0 Å². The average molecular weight is 507 g/mol. The highest BCUT2D eigenvalue weighted by atomic mass is 32.1. The van der Waals surface area contributed by atoms with Gasteiger partial charge in [-0.2, -0.15) is 0 Å². The molecule has 5 rings (SSSR count). The Morgan fingerprint density at radius 3 is 2.86 bits per heavy atom. The minimum Gasteiger partial charge on any atom is -0.396 e. The molecular formula is C28H34N4O3S. The first-order chi connectivity index (χ1) is 17.5. The van der Waals surface area contributed by atoms with Gasteiger partial charge in [-0.25, -0.2) is 4.98 Å². The summed E-state index contributed by atoms with van der Waals surface area (Å²) in [6.07, 6.45) is 12.3. The molecule has 2 amide bonds. The third kappa shape index (κ3) is 5.61. The van der Waals surface area contributed by atoms with Crippen molar-refractivity contribution in [2.24, 2.45) is 5.41 Å². The average Bonchev–Trinajstić information content (AvgIpc) is 3.41. The first kappa shape index (κ1) is 24.9. The van der Waals surface area contributed by atoms with E-state index in [2.05, 4.69) is 44.9 Å². The van der Waals surface area contributed by atoms with Gasteiger partial charge in [0.25, 0.3) is 0 Å². The number of nitrogens with zero attached hydrogens (tertiary/aromatic N) is 3. The number of anilines is 1. The Labute approximate surface area is 216 Å². The number of fused-ring (bicyclic) bond motifs is 1. The topological polar surface area (TPSA) is 85.8 Å². The summed E-state index contributed by atoms with van der Waals surface area (Å²) >= 11 is 1.78. The van der Waals surface area contributed by atoms with Gasteiger partial charge in [0.2, 0.25) is 11.8 Å². The lowest BCUT2D eigenvalue weighted by Crippen LogP contribution is -2.50. The highest BCUT2D eigenvalue weighted by molar-refractivity contribution is 7.09. The van der Waals surface area contributed by atoms with Gasteiger partial charge in [0, 0.05) is 49.8 Å². The van der Waals surface area contributed by atoms with Crippen LogP contribution in [0.3, 0.4) is 0 Å². The monoisotopic (exact) mass is 506 g/mol. The van der Waals surface area contributed by atoms with Gasteiger partial charge < -0.3 is 20.2 Å². The summed E-state index contributed by atoms with van der Waals surface area (Å²) in [6, 6.07) is 6.30. The molecule has 3 aliphatic rings. The number of likely N-dealkylation sites (tertiary alicyclic amines) is 1. The number of piperidine rings is 1. The van der Waals surface area contributed by atoms with Crippen LogP contribution in [0.25, 0.3) is 6.08 Å². The molecule has 190 valence electrons. The molecule has 0 saturated carbocycles. The van der Waals surface area contributed by atoms with Gasteiger partial charge in [0.15, 0.2) is 0 Å². The molecule has 0 aromatic carbocycles. The fraction of sp³-hybridized carbons (Fsp3) is 0.464. The molecule has 2 aromatic heterocycles. The van der Waals surface area contributed by atoms with Crippen LogP contribution < -0.4 is 5.32 Å². The number of aliphatic hydroxyl groups excluding tert-OH is 1. The smallest absolute Gasteiger partial charge is 0.246 e. The molecule has 0 aliphatic carbocycles. The Morgan fingerprint density at radius 1 is 1.28 bits per heavy atom. The molecule has 1 spiro atoms. The van der Waals surface area contributed by atoms with Crippen LogP contribution in [-0.2, 0) is 22.4 Å². The molecule has 2 aromatic rings. The SMILES string of the molecule is O=C(C=Cc1cnc2c(c1)CC1(CCN(CCCO)CC1)C(=O)N2)N1CC=C(Cc2cccs2)CC1. The van der Waals surface area contributed by atoms with E-state index >= 15 is 0 Å². The fourth-order valence-corrected chi connectivity index (χ4v) is 6.19. The van der Waals surface area contributed by atoms with Gasteiger partial charge in [0.1, 0.15) is 5.82 Å². The molecule has 7 nitrogen and oxygen atoms in total. The summed E-state index contributed by atoms with van der Waals surface area (Å²) in [5.41, 5.74) is 2.91. The first-order valence-electron chi connectivity index (χ1n) is 12.9. The Balaban J connectivity index is 1.19. The molecule has 1 saturated heterocycles. The lowest BCUT2D eigenvalue weighted by Gasteiger charge is -2.43. The molecule has 0 atom stereocenters. The number of pyridine rings is 1. The van der Waals surface area contributed by atoms with E-state index < -0.39 is 5.41 Å². The maximum absolute atomic E-state index is 13.0. The third-order valence-corrected chi connectivity index (χ3v) is 8.57. The van der Waals surface area contributed by atoms with E-state index in [1.54, 1.807) is 23.6 Å². The number of carbonyl (C=O) groups excluding carboxylic acids is 2. The van der Waals surface area contributed by atoms with Gasteiger partial charge in [-0.15, -0.1) is 11.3 Å². The summed E-state index contributed by atoms with van der Waals surface area (Å²) in [5.74, 6) is 0.717. The zero-order valence-electron chi connectivity index (χ0n) is 20.6. The van der Waals surface area contributed by atoms with Crippen LogP contribution in [0.4, 0.5) is 5.82 Å². The predicted molar refractivity (Wildman–Crippen MR) is 143 cm³/mol. The summed E-state index contributed by atoms with van der Waals surface area (Å²) in [4.78, 5) is 35.8. The molecule has 3 aliphatic heterocycles. The van der Waals surface area contributed by atoms with Crippen molar-refractivity contribution in [1.82, 2.24) is 14.8 Å². The maximum Gasteiger partial charge on any atom is 0.246 e. The second kappa shape index (κ2) is 11.1.